The minimum Gasteiger partial charge on any atom is -0.486 e. The summed E-state index contributed by atoms with van der Waals surface area (Å²) >= 11 is 0. The molecule has 0 unspecified atom stereocenters. The van der Waals surface area contributed by atoms with Crippen LogP contribution in [0.2, 0.25) is 0 Å². The van der Waals surface area contributed by atoms with Gasteiger partial charge in [0.1, 0.15) is 24.9 Å². The third-order valence-corrected chi connectivity index (χ3v) is 4.02. The van der Waals surface area contributed by atoms with Gasteiger partial charge in [-0.15, -0.1) is 0 Å². The molecule has 27 heavy (non-hydrogen) atoms. The molecule has 1 amide bonds. The maximum Gasteiger partial charge on any atom is 0.408 e. The normalized spacial score (nSPS) is 16.3. The van der Waals surface area contributed by atoms with Crippen LogP contribution in [0, 0.1) is 0 Å². The lowest BCUT2D eigenvalue weighted by atomic mass is 10.0. The Hall–Kier alpha value is -2.04. The van der Waals surface area contributed by atoms with E-state index in [1.807, 2.05) is 0 Å². The zero-order valence-corrected chi connectivity index (χ0v) is 16.5. The highest BCUT2D eigenvalue weighted by molar-refractivity contribution is 7.85. The number of aliphatic hydroxyl groups is 1. The molecule has 2 N–H and O–H groups in total. The van der Waals surface area contributed by atoms with Crippen molar-refractivity contribution in [2.24, 2.45) is 0 Å². The van der Waals surface area contributed by atoms with Gasteiger partial charge in [0.25, 0.3) is 10.1 Å². The van der Waals surface area contributed by atoms with E-state index in [9.17, 15) is 18.3 Å². The molecule has 1 heterocycles. The smallest absolute Gasteiger partial charge is 0.408 e. The van der Waals surface area contributed by atoms with E-state index >= 15 is 0 Å². The summed E-state index contributed by atoms with van der Waals surface area (Å²) in [5, 5.41) is 13.1. The fourth-order valence-corrected chi connectivity index (χ4v) is 2.74. The molecule has 1 aromatic rings. The summed E-state index contributed by atoms with van der Waals surface area (Å²) in [6.45, 7) is 5.40. The average Bonchev–Trinajstić information content (AvgIpc) is 2.55. The molecule has 0 saturated heterocycles. The molecule has 0 aromatic heterocycles. The predicted molar refractivity (Wildman–Crippen MR) is 96.3 cm³/mol. The Bertz CT molecular complexity index is 772. The molecule has 0 bridgehead atoms. The molecule has 10 heteroatoms. The molecular formula is C17H25NO8S. The molecule has 0 aliphatic carbocycles. The molecule has 1 aromatic carbocycles. The topological polar surface area (TPSA) is 120 Å². The summed E-state index contributed by atoms with van der Waals surface area (Å²) in [4.78, 5) is 12.1. The lowest BCUT2D eigenvalue weighted by molar-refractivity contribution is 0.0369. The van der Waals surface area contributed by atoms with Crippen LogP contribution < -0.4 is 14.8 Å². The van der Waals surface area contributed by atoms with Gasteiger partial charge in [0.15, 0.2) is 11.5 Å². The molecule has 9 nitrogen and oxygen atoms in total. The Balaban J connectivity index is 2.18. The molecule has 0 fully saturated rings. The van der Waals surface area contributed by atoms with Crippen LogP contribution in [0.25, 0.3) is 0 Å². The number of amides is 1. The lowest BCUT2D eigenvalue weighted by Crippen LogP contribution is -2.45. The molecule has 2 atom stereocenters. The van der Waals surface area contributed by atoms with Gasteiger partial charge in [-0.3, -0.25) is 4.18 Å². The van der Waals surface area contributed by atoms with Crippen LogP contribution >= 0.6 is 0 Å². The molecule has 1 aliphatic heterocycles. The Morgan fingerprint density at radius 3 is 2.48 bits per heavy atom. The summed E-state index contributed by atoms with van der Waals surface area (Å²) in [6, 6.07) is 3.73. The number of hydrogen-bond acceptors (Lipinski definition) is 8. The first-order valence-electron chi connectivity index (χ1n) is 8.36. The molecule has 1 aliphatic rings. The maximum absolute atomic E-state index is 12.1. The Morgan fingerprint density at radius 2 is 1.89 bits per heavy atom. The molecular weight excluding hydrogens is 378 g/mol. The number of rotatable bonds is 6. The van der Waals surface area contributed by atoms with Crippen LogP contribution in [0.15, 0.2) is 18.2 Å². The number of alkyl carbamates (subject to hydrolysis) is 1. The number of benzene rings is 1. The molecule has 152 valence electrons. The molecule has 0 radical (unpaired) electrons. The number of nitrogens with one attached hydrogen (secondary N) is 1. The summed E-state index contributed by atoms with van der Waals surface area (Å²) < 4.78 is 43.5. The standard InChI is InChI=1S/C17H25NO8S/c1-17(2,3)26-16(20)18-12(10-25-27(4,21)22)15(19)11-5-6-13-14(9-11)24-8-7-23-13/h5-6,9,12,15,19H,7-8,10H2,1-4H3,(H,18,20)/t12-,15-/m1/s1. The van der Waals surface area contributed by atoms with E-state index in [-0.39, 0.29) is 0 Å². The van der Waals surface area contributed by atoms with Crippen LogP contribution in [0.4, 0.5) is 4.79 Å². The second kappa shape index (κ2) is 8.32. The van der Waals surface area contributed by atoms with Gasteiger partial charge in [0.2, 0.25) is 0 Å². The van der Waals surface area contributed by atoms with Crippen molar-refractivity contribution in [1.82, 2.24) is 5.32 Å². The van der Waals surface area contributed by atoms with Crippen molar-refractivity contribution in [3.05, 3.63) is 23.8 Å². The van der Waals surface area contributed by atoms with Gasteiger partial charge in [-0.25, -0.2) is 4.79 Å². The summed E-state index contributed by atoms with van der Waals surface area (Å²) in [5.74, 6) is 0.999. The number of carbonyl (C=O) groups excluding carboxylic acids is 1. The SMILES string of the molecule is CC(C)(C)OC(=O)N[C@H](COS(C)(=O)=O)[C@H](O)c1ccc2c(c1)OCCO2. The van der Waals surface area contributed by atoms with Gasteiger partial charge in [-0.1, -0.05) is 6.07 Å². The second-order valence-electron chi connectivity index (χ2n) is 7.09. The monoisotopic (exact) mass is 403 g/mol. The van der Waals surface area contributed by atoms with E-state index in [2.05, 4.69) is 5.32 Å². The first-order chi connectivity index (χ1) is 12.4. The van der Waals surface area contributed by atoms with Gasteiger partial charge < -0.3 is 24.6 Å². The van der Waals surface area contributed by atoms with Crippen LogP contribution in [-0.4, -0.2) is 57.3 Å². The summed E-state index contributed by atoms with van der Waals surface area (Å²) in [5.41, 5.74) is -0.355. The van der Waals surface area contributed by atoms with Crippen LogP contribution in [0.5, 0.6) is 11.5 Å². The van der Waals surface area contributed by atoms with Crippen molar-refractivity contribution in [3.63, 3.8) is 0 Å². The Labute approximate surface area is 158 Å². The Morgan fingerprint density at radius 1 is 1.26 bits per heavy atom. The van der Waals surface area contributed by atoms with Crippen LogP contribution in [-0.2, 0) is 19.0 Å². The number of fused-ring (bicyclic) bond motifs is 1. The Kier molecular flexibility index (Phi) is 6.55. The van der Waals surface area contributed by atoms with Gasteiger partial charge in [0, 0.05) is 0 Å². The van der Waals surface area contributed by atoms with E-state index in [0.717, 1.165) is 6.26 Å². The number of carbonyl (C=O) groups is 1. The van der Waals surface area contributed by atoms with Gasteiger partial charge in [-0.2, -0.15) is 8.42 Å². The van der Waals surface area contributed by atoms with Crippen molar-refractivity contribution in [1.29, 1.82) is 0 Å². The van der Waals surface area contributed by atoms with Crippen molar-refractivity contribution < 1.29 is 36.7 Å². The lowest BCUT2D eigenvalue weighted by Gasteiger charge is -2.27. The highest BCUT2D eigenvalue weighted by atomic mass is 32.2. The van der Waals surface area contributed by atoms with E-state index in [1.165, 1.54) is 0 Å². The van der Waals surface area contributed by atoms with E-state index in [0.29, 0.717) is 30.3 Å². The summed E-state index contributed by atoms with van der Waals surface area (Å²) in [7, 11) is -3.77. The van der Waals surface area contributed by atoms with Gasteiger partial charge in [-0.05, 0) is 38.5 Å². The van der Waals surface area contributed by atoms with E-state index in [4.69, 9.17) is 18.4 Å². The quantitative estimate of drug-likeness (QED) is 0.683. The minimum atomic E-state index is -3.77. The molecule has 0 saturated carbocycles. The van der Waals surface area contributed by atoms with Crippen molar-refractivity contribution in [2.75, 3.05) is 26.1 Å². The van der Waals surface area contributed by atoms with Crippen molar-refractivity contribution in [3.8, 4) is 11.5 Å². The number of aliphatic hydroxyl groups excluding tert-OH is 1. The van der Waals surface area contributed by atoms with Crippen LogP contribution in [0.1, 0.15) is 32.4 Å². The van der Waals surface area contributed by atoms with Crippen molar-refractivity contribution in [2.45, 2.75) is 38.5 Å². The average molecular weight is 403 g/mol. The highest BCUT2D eigenvalue weighted by Gasteiger charge is 2.28. The van der Waals surface area contributed by atoms with Crippen molar-refractivity contribution >= 4 is 16.2 Å². The fourth-order valence-electron chi connectivity index (χ4n) is 2.34. The fraction of sp³-hybridized carbons (Fsp3) is 0.588. The zero-order chi connectivity index (χ0) is 20.2. The predicted octanol–water partition coefficient (Wildman–Crippen LogP) is 1.36. The molecule has 0 spiro atoms. The number of ether oxygens (including phenoxy) is 3. The first kappa shape index (κ1) is 21.3. The third kappa shape index (κ3) is 6.89. The maximum atomic E-state index is 12.1. The second-order valence-corrected chi connectivity index (χ2v) is 8.73. The minimum absolute atomic E-state index is 0.378. The third-order valence-electron chi connectivity index (χ3n) is 3.45. The van der Waals surface area contributed by atoms with E-state index in [1.54, 1.807) is 39.0 Å². The van der Waals surface area contributed by atoms with E-state index < -0.39 is 40.6 Å². The number of hydrogen-bond donors (Lipinski definition) is 2. The van der Waals surface area contributed by atoms with Gasteiger partial charge >= 0.3 is 6.09 Å². The van der Waals surface area contributed by atoms with Crippen LogP contribution in [0.3, 0.4) is 0 Å². The zero-order valence-electron chi connectivity index (χ0n) is 15.7. The first-order valence-corrected chi connectivity index (χ1v) is 10.2. The largest absolute Gasteiger partial charge is 0.486 e. The van der Waals surface area contributed by atoms with Gasteiger partial charge in [0.05, 0.1) is 18.9 Å². The summed E-state index contributed by atoms with van der Waals surface area (Å²) in [6.07, 6.45) is -1.19. The molecule has 2 rings (SSSR count). The highest BCUT2D eigenvalue weighted by Crippen LogP contribution is 2.33.